The summed E-state index contributed by atoms with van der Waals surface area (Å²) >= 11 is 7.17. The van der Waals surface area contributed by atoms with E-state index < -0.39 is 16.1 Å². The van der Waals surface area contributed by atoms with E-state index in [0.717, 1.165) is 60.3 Å². The van der Waals surface area contributed by atoms with Gasteiger partial charge in [-0.3, -0.25) is 19.3 Å². The first-order valence-electron chi connectivity index (χ1n) is 13.8. The normalized spacial score (nSPS) is 24.3. The fraction of sp³-hybridized carbons (Fsp3) is 0.593. The summed E-state index contributed by atoms with van der Waals surface area (Å²) in [6, 6.07) is 6.13. The van der Waals surface area contributed by atoms with Crippen LogP contribution in [0.15, 0.2) is 28.5 Å². The van der Waals surface area contributed by atoms with Crippen LogP contribution in [0.1, 0.15) is 39.0 Å². The molecule has 0 saturated carbocycles. The highest BCUT2D eigenvalue weighted by Gasteiger charge is 2.37. The van der Waals surface area contributed by atoms with Gasteiger partial charge in [-0.15, -0.1) is 11.3 Å². The zero-order chi connectivity index (χ0) is 28.6. The molecule has 1 N–H and O–H groups in total. The van der Waals surface area contributed by atoms with Crippen LogP contribution in [0.25, 0.3) is 10.1 Å². The van der Waals surface area contributed by atoms with Gasteiger partial charge in [0.1, 0.15) is 10.3 Å². The molecule has 4 heterocycles. The van der Waals surface area contributed by atoms with Gasteiger partial charge in [-0.25, -0.2) is 8.42 Å². The Morgan fingerprint density at radius 2 is 1.90 bits per heavy atom. The first-order valence-corrected chi connectivity index (χ1v) is 16.4. The summed E-state index contributed by atoms with van der Waals surface area (Å²) in [4.78, 5) is 45.9. The molecular formula is C27H36ClN5O5S2. The molecule has 3 amide bonds. The van der Waals surface area contributed by atoms with E-state index in [9.17, 15) is 22.8 Å². The minimum Gasteiger partial charge on any atom is -0.342 e. The standard InChI is InChI=1S/C27H36ClN5O5S2/c1-18(34)30(2)21-9-12-31(15-21)16-22-5-3-11-33(22)25(35)17-32-10-4-6-23(27(32)36)29-40(37,38)26-14-19-13-20(28)7-8-24(19)39-26/h7-8,13-14,21-23,29H,3-6,9-12,15-17H2,1-2H3/t21?,22-,23-/m0/s1. The molecule has 3 aliphatic rings. The first-order chi connectivity index (χ1) is 19.0. The van der Waals surface area contributed by atoms with E-state index in [1.54, 1.807) is 36.1 Å². The minimum absolute atomic E-state index is 0.0509. The number of halogens is 1. The largest absolute Gasteiger partial charge is 0.342 e. The Labute approximate surface area is 244 Å². The molecule has 5 rings (SSSR count). The Hall–Kier alpha value is -2.25. The number of benzene rings is 1. The van der Waals surface area contributed by atoms with Crippen molar-refractivity contribution in [3.63, 3.8) is 0 Å². The second kappa shape index (κ2) is 11.9. The molecule has 1 aromatic heterocycles. The van der Waals surface area contributed by atoms with E-state index in [1.165, 1.54) is 4.90 Å². The van der Waals surface area contributed by atoms with Crippen molar-refractivity contribution in [3.05, 3.63) is 29.3 Å². The average Bonchev–Trinajstić information content (AvgIpc) is 3.66. The lowest BCUT2D eigenvalue weighted by molar-refractivity contribution is -0.143. The van der Waals surface area contributed by atoms with Crippen molar-refractivity contribution < 1.29 is 22.8 Å². The summed E-state index contributed by atoms with van der Waals surface area (Å²) in [7, 11) is -2.08. The van der Waals surface area contributed by atoms with E-state index in [4.69, 9.17) is 11.6 Å². The Morgan fingerprint density at radius 3 is 2.67 bits per heavy atom. The maximum atomic E-state index is 13.4. The fourth-order valence-corrected chi connectivity index (χ4v) is 8.83. The average molecular weight is 610 g/mol. The molecule has 3 aliphatic heterocycles. The van der Waals surface area contributed by atoms with Crippen molar-refractivity contribution in [2.45, 2.75) is 61.4 Å². The van der Waals surface area contributed by atoms with E-state index in [0.29, 0.717) is 31.0 Å². The molecule has 1 aromatic carbocycles. The van der Waals surface area contributed by atoms with E-state index in [1.807, 2.05) is 11.9 Å². The summed E-state index contributed by atoms with van der Waals surface area (Å²) < 4.78 is 29.8. The number of carbonyl (C=O) groups excluding carboxylic acids is 3. The topological polar surface area (TPSA) is 110 Å². The van der Waals surface area contributed by atoms with Crippen LogP contribution in [0, 0.1) is 0 Å². The van der Waals surface area contributed by atoms with Crippen LogP contribution in [-0.2, 0) is 24.4 Å². The highest BCUT2D eigenvalue weighted by atomic mass is 35.5. The van der Waals surface area contributed by atoms with Gasteiger partial charge in [-0.05, 0) is 61.8 Å². The number of fused-ring (bicyclic) bond motifs is 1. The number of nitrogens with zero attached hydrogens (tertiary/aromatic N) is 4. The van der Waals surface area contributed by atoms with Gasteiger partial charge in [-0.2, -0.15) is 4.72 Å². The summed E-state index contributed by atoms with van der Waals surface area (Å²) in [5, 5.41) is 1.26. The van der Waals surface area contributed by atoms with Crippen LogP contribution in [0.4, 0.5) is 0 Å². The fourth-order valence-electron chi connectivity index (χ4n) is 6.03. The molecule has 0 radical (unpaired) electrons. The molecule has 218 valence electrons. The third-order valence-electron chi connectivity index (χ3n) is 8.33. The SMILES string of the molecule is CC(=O)N(C)C1CCN(C[C@@H]2CCCN2C(=O)CN2CCC[C@H](NS(=O)(=O)c3cc4cc(Cl)ccc4s3)C2=O)C1. The molecule has 0 aliphatic carbocycles. The van der Waals surface area contributed by atoms with E-state index >= 15 is 0 Å². The quantitative estimate of drug-likeness (QED) is 0.492. The van der Waals surface area contributed by atoms with Crippen molar-refractivity contribution >= 4 is 60.8 Å². The molecule has 0 spiro atoms. The smallest absolute Gasteiger partial charge is 0.250 e. The van der Waals surface area contributed by atoms with Crippen molar-refractivity contribution in [2.75, 3.05) is 46.3 Å². The van der Waals surface area contributed by atoms with Gasteiger partial charge in [0.25, 0.3) is 10.0 Å². The van der Waals surface area contributed by atoms with Crippen molar-refractivity contribution in [1.29, 1.82) is 0 Å². The number of piperidine rings is 1. The number of likely N-dealkylation sites (N-methyl/N-ethyl adjacent to an activating group) is 1. The highest BCUT2D eigenvalue weighted by molar-refractivity contribution is 7.91. The lowest BCUT2D eigenvalue weighted by Crippen LogP contribution is -2.55. The number of nitrogens with one attached hydrogen (secondary N) is 1. The number of carbonyl (C=O) groups is 3. The second-order valence-corrected chi connectivity index (χ2v) is 14.5. The van der Waals surface area contributed by atoms with Gasteiger partial charge in [0, 0.05) is 68.5 Å². The highest BCUT2D eigenvalue weighted by Crippen LogP contribution is 2.31. The molecule has 40 heavy (non-hydrogen) atoms. The summed E-state index contributed by atoms with van der Waals surface area (Å²) in [6.07, 6.45) is 3.74. The predicted octanol–water partition coefficient (Wildman–Crippen LogP) is 2.37. The molecule has 10 nitrogen and oxygen atoms in total. The number of rotatable bonds is 8. The van der Waals surface area contributed by atoms with Crippen LogP contribution in [0.5, 0.6) is 0 Å². The molecule has 3 fully saturated rings. The maximum Gasteiger partial charge on any atom is 0.250 e. The molecule has 3 saturated heterocycles. The van der Waals surface area contributed by atoms with Crippen LogP contribution in [0.2, 0.25) is 5.02 Å². The van der Waals surface area contributed by atoms with Crippen LogP contribution < -0.4 is 4.72 Å². The van der Waals surface area contributed by atoms with Gasteiger partial charge >= 0.3 is 0 Å². The molecule has 3 atom stereocenters. The molecule has 13 heteroatoms. The van der Waals surface area contributed by atoms with Gasteiger partial charge in [0.05, 0.1) is 6.54 Å². The van der Waals surface area contributed by atoms with Crippen LogP contribution >= 0.6 is 22.9 Å². The zero-order valence-electron chi connectivity index (χ0n) is 22.8. The molecule has 1 unspecified atom stereocenters. The zero-order valence-corrected chi connectivity index (χ0v) is 25.2. The monoisotopic (exact) mass is 609 g/mol. The Morgan fingerprint density at radius 1 is 1.12 bits per heavy atom. The lowest BCUT2D eigenvalue weighted by Gasteiger charge is -2.35. The predicted molar refractivity (Wildman–Crippen MR) is 155 cm³/mol. The van der Waals surface area contributed by atoms with E-state index in [-0.39, 0.29) is 40.6 Å². The number of amides is 3. The van der Waals surface area contributed by atoms with Crippen LogP contribution in [0.3, 0.4) is 0 Å². The van der Waals surface area contributed by atoms with Gasteiger partial charge < -0.3 is 14.7 Å². The van der Waals surface area contributed by atoms with Crippen molar-refractivity contribution in [1.82, 2.24) is 24.3 Å². The summed E-state index contributed by atoms with van der Waals surface area (Å²) in [5.74, 6) is -0.403. The number of hydrogen-bond donors (Lipinski definition) is 1. The Bertz CT molecular complexity index is 1400. The molecule has 0 bridgehead atoms. The number of likely N-dealkylation sites (tertiary alicyclic amines) is 3. The van der Waals surface area contributed by atoms with Gasteiger partial charge in [-0.1, -0.05) is 11.6 Å². The third kappa shape index (κ3) is 6.30. The van der Waals surface area contributed by atoms with Crippen molar-refractivity contribution in [2.24, 2.45) is 0 Å². The number of hydrogen-bond acceptors (Lipinski definition) is 7. The molecular weight excluding hydrogens is 574 g/mol. The molecule has 2 aromatic rings. The minimum atomic E-state index is -3.92. The van der Waals surface area contributed by atoms with Gasteiger partial charge in [0.2, 0.25) is 17.7 Å². The summed E-state index contributed by atoms with van der Waals surface area (Å²) in [5.41, 5.74) is 0. The maximum absolute atomic E-state index is 13.4. The number of thiophene rings is 1. The van der Waals surface area contributed by atoms with Gasteiger partial charge in [0.15, 0.2) is 0 Å². The summed E-state index contributed by atoms with van der Waals surface area (Å²) in [6.45, 7) is 5.05. The Balaban J connectivity index is 1.18. The van der Waals surface area contributed by atoms with Crippen molar-refractivity contribution in [3.8, 4) is 0 Å². The third-order valence-corrected chi connectivity index (χ3v) is 11.6. The first kappa shape index (κ1) is 29.2. The Kier molecular flexibility index (Phi) is 8.72. The second-order valence-electron chi connectivity index (χ2n) is 11.0. The lowest BCUT2D eigenvalue weighted by atomic mass is 10.1. The van der Waals surface area contributed by atoms with E-state index in [2.05, 4.69) is 9.62 Å². The van der Waals surface area contributed by atoms with Crippen LogP contribution in [-0.4, -0.2) is 110 Å². The number of sulfonamides is 1.